The predicted octanol–water partition coefficient (Wildman–Crippen LogP) is 1.52. The zero-order valence-electron chi connectivity index (χ0n) is 12.4. The molecule has 0 saturated carbocycles. The summed E-state index contributed by atoms with van der Waals surface area (Å²) in [7, 11) is 1.29. The molecule has 23 heavy (non-hydrogen) atoms. The molecule has 3 rings (SSSR count). The van der Waals surface area contributed by atoms with Crippen LogP contribution in [-0.4, -0.2) is 22.6 Å². The normalized spacial score (nSPS) is 10.7. The Labute approximate surface area is 131 Å². The molecule has 6 nitrogen and oxygen atoms in total. The van der Waals surface area contributed by atoms with Crippen LogP contribution in [0.2, 0.25) is 0 Å². The van der Waals surface area contributed by atoms with Crippen LogP contribution >= 0.6 is 0 Å². The lowest BCUT2D eigenvalue weighted by molar-refractivity contribution is 0.0601. The summed E-state index contributed by atoms with van der Waals surface area (Å²) >= 11 is 0. The SMILES string of the molecule is COC(=O)c1ccc2[nH]c(=O)c(=O)n(Cc3ccccc3)c2c1. The average Bonchev–Trinajstić information content (AvgIpc) is 2.59. The first-order valence-corrected chi connectivity index (χ1v) is 6.99. The van der Waals surface area contributed by atoms with Crippen LogP contribution < -0.4 is 11.1 Å². The number of H-pyrrole nitrogens is 1. The Morgan fingerprint density at radius 3 is 2.57 bits per heavy atom. The lowest BCUT2D eigenvalue weighted by Gasteiger charge is -2.10. The summed E-state index contributed by atoms with van der Waals surface area (Å²) < 4.78 is 6.06. The molecule has 0 amide bonds. The molecule has 0 bridgehead atoms. The number of fused-ring (bicyclic) bond motifs is 1. The molecule has 0 aliphatic heterocycles. The largest absolute Gasteiger partial charge is 0.465 e. The summed E-state index contributed by atoms with van der Waals surface area (Å²) in [5.41, 5.74) is 0.792. The second-order valence-electron chi connectivity index (χ2n) is 5.05. The molecule has 2 aromatic carbocycles. The van der Waals surface area contributed by atoms with Crippen LogP contribution in [0.5, 0.6) is 0 Å². The third kappa shape index (κ3) is 2.78. The number of aromatic nitrogens is 2. The van der Waals surface area contributed by atoms with Crippen molar-refractivity contribution in [2.45, 2.75) is 6.54 Å². The summed E-state index contributed by atoms with van der Waals surface area (Å²) in [6.07, 6.45) is 0. The second kappa shape index (κ2) is 5.92. The topological polar surface area (TPSA) is 81.2 Å². The van der Waals surface area contributed by atoms with Gasteiger partial charge in [0.1, 0.15) is 0 Å². The Hall–Kier alpha value is -3.15. The molecule has 1 N–H and O–H groups in total. The van der Waals surface area contributed by atoms with Crippen LogP contribution in [0.4, 0.5) is 0 Å². The Morgan fingerprint density at radius 2 is 1.87 bits per heavy atom. The fourth-order valence-corrected chi connectivity index (χ4v) is 2.44. The van der Waals surface area contributed by atoms with Gasteiger partial charge >= 0.3 is 17.1 Å². The summed E-state index contributed by atoms with van der Waals surface area (Å²) in [6.45, 7) is 0.241. The van der Waals surface area contributed by atoms with Gasteiger partial charge in [0.15, 0.2) is 0 Å². The molecule has 0 aliphatic rings. The monoisotopic (exact) mass is 310 g/mol. The fourth-order valence-electron chi connectivity index (χ4n) is 2.44. The number of hydrogen-bond acceptors (Lipinski definition) is 4. The van der Waals surface area contributed by atoms with Crippen molar-refractivity contribution >= 4 is 17.0 Å². The number of carbonyl (C=O) groups is 1. The van der Waals surface area contributed by atoms with E-state index in [1.54, 1.807) is 18.2 Å². The van der Waals surface area contributed by atoms with Crippen molar-refractivity contribution in [2.24, 2.45) is 0 Å². The second-order valence-corrected chi connectivity index (χ2v) is 5.05. The van der Waals surface area contributed by atoms with Gasteiger partial charge in [-0.15, -0.1) is 0 Å². The standard InChI is InChI=1S/C17H14N2O4/c1-23-17(22)12-7-8-13-14(9-12)19(16(21)15(20)18-13)10-11-5-3-2-4-6-11/h2-9H,10H2,1H3,(H,18,20). The van der Waals surface area contributed by atoms with E-state index in [0.717, 1.165) is 5.56 Å². The number of carbonyl (C=O) groups excluding carboxylic acids is 1. The molecular weight excluding hydrogens is 296 g/mol. The highest BCUT2D eigenvalue weighted by atomic mass is 16.5. The number of nitrogens with one attached hydrogen (secondary N) is 1. The van der Waals surface area contributed by atoms with Gasteiger partial charge in [-0.3, -0.25) is 14.2 Å². The van der Waals surface area contributed by atoms with E-state index in [1.165, 1.54) is 11.7 Å². The Balaban J connectivity index is 2.24. The smallest absolute Gasteiger partial charge is 0.337 e. The summed E-state index contributed by atoms with van der Waals surface area (Å²) in [6, 6.07) is 14.0. The van der Waals surface area contributed by atoms with Gasteiger partial charge in [0.05, 0.1) is 30.3 Å². The fraction of sp³-hybridized carbons (Fsp3) is 0.118. The molecule has 0 atom stereocenters. The maximum absolute atomic E-state index is 12.2. The van der Waals surface area contributed by atoms with Crippen LogP contribution in [0.1, 0.15) is 15.9 Å². The van der Waals surface area contributed by atoms with E-state index in [2.05, 4.69) is 4.98 Å². The van der Waals surface area contributed by atoms with E-state index in [1.807, 2.05) is 30.3 Å². The van der Waals surface area contributed by atoms with Gasteiger partial charge in [-0.1, -0.05) is 30.3 Å². The third-order valence-electron chi connectivity index (χ3n) is 3.58. The molecular formula is C17H14N2O4. The van der Waals surface area contributed by atoms with Crippen LogP contribution in [0.3, 0.4) is 0 Å². The van der Waals surface area contributed by atoms with Gasteiger partial charge in [0.2, 0.25) is 0 Å². The van der Waals surface area contributed by atoms with E-state index in [-0.39, 0.29) is 6.54 Å². The van der Waals surface area contributed by atoms with Crippen LogP contribution in [0.25, 0.3) is 11.0 Å². The number of hydrogen-bond donors (Lipinski definition) is 1. The molecule has 0 spiro atoms. The van der Waals surface area contributed by atoms with Crippen molar-refractivity contribution < 1.29 is 9.53 Å². The zero-order valence-corrected chi connectivity index (χ0v) is 12.4. The Kier molecular flexibility index (Phi) is 3.80. The van der Waals surface area contributed by atoms with Crippen molar-refractivity contribution in [3.63, 3.8) is 0 Å². The maximum Gasteiger partial charge on any atom is 0.337 e. The molecule has 0 fully saturated rings. The van der Waals surface area contributed by atoms with E-state index in [0.29, 0.717) is 16.6 Å². The first-order valence-electron chi connectivity index (χ1n) is 6.99. The van der Waals surface area contributed by atoms with E-state index in [4.69, 9.17) is 4.74 Å². The summed E-state index contributed by atoms with van der Waals surface area (Å²) in [5, 5.41) is 0. The highest BCUT2D eigenvalue weighted by molar-refractivity contribution is 5.93. The average molecular weight is 310 g/mol. The van der Waals surface area contributed by atoms with Crippen molar-refractivity contribution in [1.82, 2.24) is 9.55 Å². The highest BCUT2D eigenvalue weighted by Gasteiger charge is 2.12. The van der Waals surface area contributed by atoms with Crippen LogP contribution in [0.15, 0.2) is 58.1 Å². The molecule has 6 heteroatoms. The quantitative estimate of drug-likeness (QED) is 0.587. The van der Waals surface area contributed by atoms with Gasteiger partial charge in [0, 0.05) is 0 Å². The number of rotatable bonds is 3. The minimum absolute atomic E-state index is 0.241. The minimum atomic E-state index is -0.695. The van der Waals surface area contributed by atoms with Crippen molar-refractivity contribution in [1.29, 1.82) is 0 Å². The third-order valence-corrected chi connectivity index (χ3v) is 3.58. The number of esters is 1. The Morgan fingerprint density at radius 1 is 1.13 bits per heavy atom. The minimum Gasteiger partial charge on any atom is -0.465 e. The van der Waals surface area contributed by atoms with Crippen LogP contribution in [0, 0.1) is 0 Å². The van der Waals surface area contributed by atoms with Gasteiger partial charge in [0.25, 0.3) is 0 Å². The van der Waals surface area contributed by atoms with E-state index < -0.39 is 17.1 Å². The number of ether oxygens (including phenoxy) is 1. The number of aromatic amines is 1. The van der Waals surface area contributed by atoms with E-state index in [9.17, 15) is 14.4 Å². The number of benzene rings is 2. The maximum atomic E-state index is 12.2. The molecule has 0 unspecified atom stereocenters. The molecule has 0 saturated heterocycles. The number of methoxy groups -OCH3 is 1. The van der Waals surface area contributed by atoms with Gasteiger partial charge in [-0.05, 0) is 23.8 Å². The van der Waals surface area contributed by atoms with Gasteiger partial charge in [-0.25, -0.2) is 4.79 Å². The molecule has 116 valence electrons. The molecule has 3 aromatic rings. The summed E-state index contributed by atoms with van der Waals surface area (Å²) in [5.74, 6) is -0.503. The predicted molar refractivity (Wildman–Crippen MR) is 85.7 cm³/mol. The lowest BCUT2D eigenvalue weighted by atomic mass is 10.1. The zero-order chi connectivity index (χ0) is 16.4. The number of nitrogens with zero attached hydrogens (tertiary/aromatic N) is 1. The highest BCUT2D eigenvalue weighted by Crippen LogP contribution is 2.14. The first kappa shape index (κ1) is 14.8. The van der Waals surface area contributed by atoms with Gasteiger partial charge in [-0.2, -0.15) is 0 Å². The van der Waals surface area contributed by atoms with Crippen LogP contribution in [-0.2, 0) is 11.3 Å². The van der Waals surface area contributed by atoms with Crippen molar-refractivity contribution in [2.75, 3.05) is 7.11 Å². The first-order chi connectivity index (χ1) is 11.1. The van der Waals surface area contributed by atoms with Crippen molar-refractivity contribution in [3.05, 3.63) is 80.4 Å². The molecule has 0 radical (unpaired) electrons. The molecule has 1 aromatic heterocycles. The van der Waals surface area contributed by atoms with Gasteiger partial charge < -0.3 is 9.72 Å². The molecule has 0 aliphatic carbocycles. The lowest BCUT2D eigenvalue weighted by Crippen LogP contribution is -2.36. The van der Waals surface area contributed by atoms with E-state index >= 15 is 0 Å². The van der Waals surface area contributed by atoms with Crippen molar-refractivity contribution in [3.8, 4) is 0 Å². The summed E-state index contributed by atoms with van der Waals surface area (Å²) in [4.78, 5) is 38.3. The Bertz CT molecular complexity index is 987. The molecule has 1 heterocycles.